The first-order valence-corrected chi connectivity index (χ1v) is 7.96. The number of thiazole rings is 1. The fourth-order valence-corrected chi connectivity index (χ4v) is 4.26. The third-order valence-electron chi connectivity index (χ3n) is 3.98. The Hall–Kier alpha value is -2.14. The SMILES string of the molecule is O/N=C/c1c(-c2ccccc2)nc2sc3c(n12)CCCC3. The minimum atomic E-state index is 0.873. The zero-order chi connectivity index (χ0) is 14.2. The third kappa shape index (κ3) is 1.96. The summed E-state index contributed by atoms with van der Waals surface area (Å²) < 4.78 is 2.17. The highest BCUT2D eigenvalue weighted by atomic mass is 32.1. The first-order valence-electron chi connectivity index (χ1n) is 7.14. The Balaban J connectivity index is 2.00. The molecule has 106 valence electrons. The molecule has 0 fully saturated rings. The average molecular weight is 297 g/mol. The van der Waals surface area contributed by atoms with E-state index in [2.05, 4.69) is 9.56 Å². The summed E-state index contributed by atoms with van der Waals surface area (Å²) in [5.74, 6) is 0. The van der Waals surface area contributed by atoms with Gasteiger partial charge in [0.05, 0.1) is 17.6 Å². The van der Waals surface area contributed by atoms with Crippen molar-refractivity contribution in [3.05, 3.63) is 46.6 Å². The van der Waals surface area contributed by atoms with Crippen LogP contribution in [0.1, 0.15) is 29.1 Å². The summed E-state index contributed by atoms with van der Waals surface area (Å²) in [6, 6.07) is 10.1. The van der Waals surface area contributed by atoms with Gasteiger partial charge < -0.3 is 5.21 Å². The van der Waals surface area contributed by atoms with Gasteiger partial charge in [-0.15, -0.1) is 11.3 Å². The number of imidazole rings is 1. The predicted molar refractivity (Wildman–Crippen MR) is 84.5 cm³/mol. The van der Waals surface area contributed by atoms with E-state index in [-0.39, 0.29) is 0 Å². The molecule has 0 unspecified atom stereocenters. The maximum Gasteiger partial charge on any atom is 0.195 e. The Labute approximate surface area is 126 Å². The summed E-state index contributed by atoms with van der Waals surface area (Å²) in [5, 5.41) is 12.3. The summed E-state index contributed by atoms with van der Waals surface area (Å²) in [5.41, 5.74) is 4.14. The highest BCUT2D eigenvalue weighted by Crippen LogP contribution is 2.34. The van der Waals surface area contributed by atoms with Crippen LogP contribution in [0.25, 0.3) is 16.2 Å². The summed E-state index contributed by atoms with van der Waals surface area (Å²) >= 11 is 1.76. The number of benzene rings is 1. The fraction of sp³-hybridized carbons (Fsp3) is 0.250. The van der Waals surface area contributed by atoms with Crippen LogP contribution in [0.2, 0.25) is 0 Å². The number of rotatable bonds is 2. The van der Waals surface area contributed by atoms with Gasteiger partial charge in [-0.1, -0.05) is 35.5 Å². The van der Waals surface area contributed by atoms with E-state index in [4.69, 9.17) is 10.2 Å². The van der Waals surface area contributed by atoms with E-state index in [1.807, 2.05) is 30.3 Å². The average Bonchev–Trinajstić information content (AvgIpc) is 3.05. The third-order valence-corrected chi connectivity index (χ3v) is 5.13. The molecule has 3 aromatic rings. The van der Waals surface area contributed by atoms with E-state index in [0.29, 0.717) is 0 Å². The van der Waals surface area contributed by atoms with Crippen LogP contribution in [0.4, 0.5) is 0 Å². The van der Waals surface area contributed by atoms with E-state index in [0.717, 1.165) is 34.8 Å². The first kappa shape index (κ1) is 12.6. The largest absolute Gasteiger partial charge is 0.411 e. The van der Waals surface area contributed by atoms with Crippen molar-refractivity contribution in [1.29, 1.82) is 0 Å². The van der Waals surface area contributed by atoms with Crippen molar-refractivity contribution in [1.82, 2.24) is 9.38 Å². The summed E-state index contributed by atoms with van der Waals surface area (Å²) in [6.45, 7) is 0. The Morgan fingerprint density at radius 1 is 1.19 bits per heavy atom. The van der Waals surface area contributed by atoms with Crippen LogP contribution < -0.4 is 0 Å². The molecule has 2 aromatic heterocycles. The lowest BCUT2D eigenvalue weighted by molar-refractivity contribution is 0.321. The quantitative estimate of drug-likeness (QED) is 0.445. The minimum absolute atomic E-state index is 0.873. The maximum absolute atomic E-state index is 9.04. The van der Waals surface area contributed by atoms with E-state index < -0.39 is 0 Å². The molecule has 21 heavy (non-hydrogen) atoms. The molecule has 0 saturated heterocycles. The first-order chi connectivity index (χ1) is 10.4. The number of hydrogen-bond acceptors (Lipinski definition) is 4. The van der Waals surface area contributed by atoms with Crippen LogP contribution >= 0.6 is 11.3 Å². The van der Waals surface area contributed by atoms with Crippen LogP contribution in [0.5, 0.6) is 0 Å². The van der Waals surface area contributed by atoms with E-state index in [9.17, 15) is 0 Å². The number of aryl methyl sites for hydroxylation is 2. The van der Waals surface area contributed by atoms with Gasteiger partial charge in [0.15, 0.2) is 4.96 Å². The number of hydrogen-bond donors (Lipinski definition) is 1. The van der Waals surface area contributed by atoms with E-state index in [1.165, 1.54) is 29.6 Å². The predicted octanol–water partition coefficient (Wildman–Crippen LogP) is 3.75. The molecule has 0 aliphatic heterocycles. The Bertz CT molecular complexity index is 817. The van der Waals surface area contributed by atoms with E-state index >= 15 is 0 Å². The minimum Gasteiger partial charge on any atom is -0.411 e. The van der Waals surface area contributed by atoms with Crippen LogP contribution in [0.15, 0.2) is 35.5 Å². The number of aromatic nitrogens is 2. The lowest BCUT2D eigenvalue weighted by Crippen LogP contribution is -2.05. The van der Waals surface area contributed by atoms with Crippen LogP contribution in [0.3, 0.4) is 0 Å². The molecular weight excluding hydrogens is 282 g/mol. The molecule has 2 heterocycles. The standard InChI is InChI=1S/C16H15N3OS/c20-17-10-13-15(11-6-2-1-3-7-11)18-16-19(13)12-8-4-5-9-14(12)21-16/h1-3,6-7,10,20H,4-5,8-9H2/b17-10+. The Morgan fingerprint density at radius 2 is 2.00 bits per heavy atom. The van der Waals surface area contributed by atoms with Crippen molar-refractivity contribution < 1.29 is 5.21 Å². The highest BCUT2D eigenvalue weighted by molar-refractivity contribution is 7.17. The van der Waals surface area contributed by atoms with Gasteiger partial charge in [-0.05, 0) is 25.7 Å². The number of nitrogens with zero attached hydrogens (tertiary/aromatic N) is 3. The van der Waals surface area contributed by atoms with Gasteiger partial charge in [0.1, 0.15) is 0 Å². The van der Waals surface area contributed by atoms with Gasteiger partial charge in [0.25, 0.3) is 0 Å². The van der Waals surface area contributed by atoms with Gasteiger partial charge in [-0.25, -0.2) is 4.98 Å². The second kappa shape index (κ2) is 5.00. The van der Waals surface area contributed by atoms with Crippen LogP contribution in [-0.4, -0.2) is 20.8 Å². The molecule has 5 heteroatoms. The van der Waals surface area contributed by atoms with Gasteiger partial charge in [0, 0.05) is 16.1 Å². The van der Waals surface area contributed by atoms with Crippen LogP contribution in [0, 0.1) is 0 Å². The molecule has 1 N–H and O–H groups in total. The fourth-order valence-electron chi connectivity index (χ4n) is 3.04. The molecule has 1 aliphatic rings. The molecule has 0 spiro atoms. The molecule has 1 aromatic carbocycles. The van der Waals surface area contributed by atoms with Crippen molar-refractivity contribution in [2.75, 3.05) is 0 Å². The topological polar surface area (TPSA) is 49.9 Å². The summed E-state index contributed by atoms with van der Waals surface area (Å²) in [6.07, 6.45) is 6.19. The molecule has 0 amide bonds. The zero-order valence-electron chi connectivity index (χ0n) is 11.5. The Kier molecular flexibility index (Phi) is 3.00. The lowest BCUT2D eigenvalue weighted by atomic mass is 10.0. The molecule has 4 rings (SSSR count). The van der Waals surface area contributed by atoms with Gasteiger partial charge in [-0.2, -0.15) is 0 Å². The van der Waals surface area contributed by atoms with Gasteiger partial charge in [-0.3, -0.25) is 4.40 Å². The van der Waals surface area contributed by atoms with Crippen LogP contribution in [-0.2, 0) is 12.8 Å². The Morgan fingerprint density at radius 3 is 2.81 bits per heavy atom. The normalized spacial score (nSPS) is 14.9. The number of fused-ring (bicyclic) bond motifs is 3. The molecule has 0 radical (unpaired) electrons. The monoisotopic (exact) mass is 297 g/mol. The molecule has 0 saturated carbocycles. The van der Waals surface area contributed by atoms with Gasteiger partial charge in [0.2, 0.25) is 0 Å². The van der Waals surface area contributed by atoms with E-state index in [1.54, 1.807) is 11.3 Å². The van der Waals surface area contributed by atoms with Crippen molar-refractivity contribution in [3.63, 3.8) is 0 Å². The maximum atomic E-state index is 9.04. The second-order valence-corrected chi connectivity index (χ2v) is 6.32. The highest BCUT2D eigenvalue weighted by Gasteiger charge is 2.22. The lowest BCUT2D eigenvalue weighted by Gasteiger charge is -2.11. The molecule has 1 aliphatic carbocycles. The van der Waals surface area contributed by atoms with Crippen molar-refractivity contribution in [2.45, 2.75) is 25.7 Å². The van der Waals surface area contributed by atoms with Crippen molar-refractivity contribution >= 4 is 22.5 Å². The van der Waals surface area contributed by atoms with Crippen molar-refractivity contribution in [2.24, 2.45) is 5.16 Å². The smallest absolute Gasteiger partial charge is 0.195 e. The second-order valence-electron chi connectivity index (χ2n) is 5.25. The molecular formula is C16H15N3OS. The molecule has 0 atom stereocenters. The van der Waals surface area contributed by atoms with Gasteiger partial charge >= 0.3 is 0 Å². The zero-order valence-corrected chi connectivity index (χ0v) is 12.3. The molecule has 4 nitrogen and oxygen atoms in total. The summed E-state index contributed by atoms with van der Waals surface area (Å²) in [4.78, 5) is 7.21. The molecule has 0 bridgehead atoms. The number of oxime groups is 1. The summed E-state index contributed by atoms with van der Waals surface area (Å²) in [7, 11) is 0. The van der Waals surface area contributed by atoms with Crippen molar-refractivity contribution in [3.8, 4) is 11.3 Å².